The van der Waals surface area contributed by atoms with Crippen molar-refractivity contribution in [2.24, 2.45) is 10.7 Å². The summed E-state index contributed by atoms with van der Waals surface area (Å²) in [4.78, 5) is 55.9. The topological polar surface area (TPSA) is 233 Å². The van der Waals surface area contributed by atoms with E-state index in [1.165, 1.54) is 59.9 Å². The number of alkyl halides is 1. The Hall–Kier alpha value is -5.63. The molecule has 1 aromatic heterocycles. The summed E-state index contributed by atoms with van der Waals surface area (Å²) >= 11 is 11.0. The first-order valence-corrected chi connectivity index (χ1v) is 28.7. The van der Waals surface area contributed by atoms with Crippen LogP contribution in [-0.4, -0.2) is 105 Å². The van der Waals surface area contributed by atoms with Crippen LogP contribution in [0.5, 0.6) is 11.5 Å². The molecule has 8 N–H and O–H groups in total. The highest BCUT2D eigenvalue weighted by atomic mass is 79.9. The second kappa shape index (κ2) is 32.1. The molecule has 1 unspecified atom stereocenters. The smallest absolute Gasteiger partial charge is 0.410 e. The zero-order valence-corrected chi connectivity index (χ0v) is 48.5. The molecule has 7 rings (SSSR count). The third-order valence-corrected chi connectivity index (χ3v) is 13.3. The molecule has 0 radical (unpaired) electrons. The van der Waals surface area contributed by atoms with Gasteiger partial charge >= 0.3 is 6.09 Å². The first kappa shape index (κ1) is 61.9. The molecule has 0 aliphatic heterocycles. The molecule has 1 amide bonds. The van der Waals surface area contributed by atoms with E-state index in [0.717, 1.165) is 54.1 Å². The van der Waals surface area contributed by atoms with Gasteiger partial charge in [0.25, 0.3) is 5.97 Å². The van der Waals surface area contributed by atoms with E-state index < -0.39 is 11.6 Å². The number of aliphatic carboxylic acids is 1. The lowest BCUT2D eigenvalue weighted by molar-refractivity contribution is -0.134. The Morgan fingerprint density at radius 1 is 0.893 bits per heavy atom. The third-order valence-electron chi connectivity index (χ3n) is 10.6. The fourth-order valence-electron chi connectivity index (χ4n) is 6.65. The Balaban J connectivity index is 0.000000249. The number of thiazole rings is 1. The molecular formula is C54H70BrN8O8PS3. The standard InChI is InChI=1S/C23H26N4O2S.C18H29N4O3PS2.C11H11BrO.C2H4O2/c1-2-25-12-13-29-19-10-8-18(9-11-19)26-23-27-22(24)21(30-23)20(28)17-5-3-4-16(14-17)15-6-7-15;1-5-22(17(23)25-18(2,3)4)10-11-24-14-8-6-13(7-9-14)20-16(27)21-15(19)28-12-26;12-7-11(13)10-3-1-2-9(6-10)8-4-5-8;1-2(3)4/h3-5,8-11,14-15,25H,2,6-7,12-13,24H2,1H3,(H,26,27);6-9H,5,10-12,26H2,1-4H3,(H3,19,20,21,27);1-3,6,8H,4-5,7H2;1H3,(H,3,4). The minimum atomic E-state index is -0.833. The highest BCUT2D eigenvalue weighted by Crippen LogP contribution is 2.41. The van der Waals surface area contributed by atoms with Crippen LogP contribution in [0.4, 0.5) is 27.1 Å². The summed E-state index contributed by atoms with van der Waals surface area (Å²) < 4.78 is 16.8. The van der Waals surface area contributed by atoms with Gasteiger partial charge in [0.05, 0.1) is 11.9 Å². The number of carboxylic acids is 1. The van der Waals surface area contributed by atoms with Crippen LogP contribution in [0.15, 0.2) is 102 Å². The highest BCUT2D eigenvalue weighted by Gasteiger charge is 2.26. The number of amidine groups is 1. The molecule has 0 bridgehead atoms. The van der Waals surface area contributed by atoms with Crippen molar-refractivity contribution in [3.8, 4) is 11.5 Å². The van der Waals surface area contributed by atoms with Gasteiger partial charge in [-0.05, 0) is 156 Å². The van der Waals surface area contributed by atoms with E-state index in [-0.39, 0.29) is 23.5 Å². The van der Waals surface area contributed by atoms with Crippen LogP contribution in [0.2, 0.25) is 0 Å². The number of benzene rings is 4. The monoisotopic (exact) mass is 1160 g/mol. The zero-order valence-electron chi connectivity index (χ0n) is 43.4. The number of likely N-dealkylation sites (N-methyl/N-ethyl adjacent to an activating group) is 2. The molecule has 75 heavy (non-hydrogen) atoms. The van der Waals surface area contributed by atoms with Crippen LogP contribution in [0.1, 0.15) is 116 Å². The van der Waals surface area contributed by atoms with Crippen LogP contribution >= 0.6 is 60.5 Å². The maximum atomic E-state index is 13.0. The van der Waals surface area contributed by atoms with Crippen LogP contribution in [0.25, 0.3) is 0 Å². The van der Waals surface area contributed by atoms with Gasteiger partial charge in [0.15, 0.2) is 21.2 Å². The van der Waals surface area contributed by atoms with Crippen molar-refractivity contribution in [1.29, 1.82) is 0 Å². The van der Waals surface area contributed by atoms with Crippen LogP contribution in [-0.2, 0) is 9.53 Å². The molecule has 404 valence electrons. The van der Waals surface area contributed by atoms with Crippen LogP contribution in [0.3, 0.4) is 0 Å². The largest absolute Gasteiger partial charge is 0.492 e. The van der Waals surface area contributed by atoms with Gasteiger partial charge in [-0.15, -0.1) is 9.24 Å². The van der Waals surface area contributed by atoms with Crippen molar-refractivity contribution in [3.63, 3.8) is 0 Å². The zero-order chi connectivity index (χ0) is 54.9. The maximum absolute atomic E-state index is 13.0. The van der Waals surface area contributed by atoms with Gasteiger partial charge in [0, 0.05) is 48.0 Å². The number of hydrogen-bond donors (Lipinski definition) is 6. The van der Waals surface area contributed by atoms with E-state index in [4.69, 9.17) is 47.8 Å². The number of rotatable bonds is 20. The molecule has 1 heterocycles. The van der Waals surface area contributed by atoms with Crippen molar-refractivity contribution >= 4 is 117 Å². The highest BCUT2D eigenvalue weighted by molar-refractivity contribution is 9.09. The van der Waals surface area contributed by atoms with E-state index >= 15 is 0 Å². The van der Waals surface area contributed by atoms with Crippen molar-refractivity contribution in [1.82, 2.24) is 15.2 Å². The van der Waals surface area contributed by atoms with Crippen molar-refractivity contribution < 1.29 is 38.5 Å². The van der Waals surface area contributed by atoms with E-state index in [0.29, 0.717) is 69.2 Å². The average molecular weight is 1170 g/mol. The summed E-state index contributed by atoms with van der Waals surface area (Å²) in [6.07, 6.45) is 4.63. The van der Waals surface area contributed by atoms with E-state index in [9.17, 15) is 14.4 Å². The predicted octanol–water partition coefficient (Wildman–Crippen LogP) is 11.7. The number of ether oxygens (including phenoxy) is 3. The maximum Gasteiger partial charge on any atom is 0.410 e. The molecular weight excluding hydrogens is 1100 g/mol. The number of nitrogens with one attached hydrogen (secondary N) is 3. The summed E-state index contributed by atoms with van der Waals surface area (Å²) in [5.74, 6) is 2.34. The number of anilines is 4. The summed E-state index contributed by atoms with van der Waals surface area (Å²) in [5.41, 5.74) is 17.7. The minimum absolute atomic E-state index is 0.0787. The fourth-order valence-corrected chi connectivity index (χ4v) is 8.95. The first-order chi connectivity index (χ1) is 35.8. The van der Waals surface area contributed by atoms with Crippen LogP contribution < -0.4 is 36.9 Å². The van der Waals surface area contributed by atoms with E-state index in [1.807, 2.05) is 113 Å². The van der Waals surface area contributed by atoms with Crippen LogP contribution in [0, 0.1) is 0 Å². The number of thioether (sulfide) groups is 1. The Bertz CT molecular complexity index is 2660. The fraction of sp³-hybridized carbons (Fsp3) is 0.389. The summed E-state index contributed by atoms with van der Waals surface area (Å²) in [5, 5.41) is 18.6. The van der Waals surface area contributed by atoms with Gasteiger partial charge < -0.3 is 51.6 Å². The number of ketones is 2. The van der Waals surface area contributed by atoms with Gasteiger partial charge in [-0.1, -0.05) is 82.4 Å². The lowest BCUT2D eigenvalue weighted by Crippen LogP contribution is -2.38. The quantitative estimate of drug-likeness (QED) is 0.00809. The molecule has 16 nitrogen and oxygen atoms in total. The van der Waals surface area contributed by atoms with Gasteiger partial charge in [-0.25, -0.2) is 9.78 Å². The lowest BCUT2D eigenvalue weighted by atomic mass is 10.0. The number of carboxylic acid groups (broad SMARTS) is 1. The number of nitrogens with two attached hydrogens (primary N) is 2. The number of hydrogen-bond acceptors (Lipinski definition) is 14. The number of aromatic nitrogens is 1. The van der Waals surface area contributed by atoms with Crippen molar-refractivity contribution in [2.45, 2.75) is 84.7 Å². The molecule has 2 aliphatic carbocycles. The predicted molar refractivity (Wildman–Crippen MR) is 317 cm³/mol. The number of aliphatic imine (C=N–C) groups is 1. The lowest BCUT2D eigenvalue weighted by Gasteiger charge is -2.26. The van der Waals surface area contributed by atoms with E-state index in [1.54, 1.807) is 4.90 Å². The molecule has 1 atom stereocenters. The number of carbonyl (C=O) groups excluding carboxylic acids is 3. The molecule has 2 saturated carbocycles. The Kier molecular flexibility index (Phi) is 26.5. The number of thiocarbonyl (C=S) groups is 1. The molecule has 21 heteroatoms. The molecule has 4 aromatic carbocycles. The average Bonchev–Trinajstić information content (AvgIpc) is 4.33. The molecule has 5 aromatic rings. The number of halogens is 1. The summed E-state index contributed by atoms with van der Waals surface area (Å²) in [6, 6.07) is 30.8. The summed E-state index contributed by atoms with van der Waals surface area (Å²) in [6.45, 7) is 14.3. The van der Waals surface area contributed by atoms with Crippen molar-refractivity contribution in [3.05, 3.63) is 124 Å². The minimum Gasteiger partial charge on any atom is -0.492 e. The molecule has 0 saturated heterocycles. The second-order valence-electron chi connectivity index (χ2n) is 17.9. The Labute approximate surface area is 465 Å². The third kappa shape index (κ3) is 23.9. The Morgan fingerprint density at radius 3 is 1.96 bits per heavy atom. The van der Waals surface area contributed by atoms with Crippen molar-refractivity contribution in [2.75, 3.05) is 66.6 Å². The number of amides is 1. The van der Waals surface area contributed by atoms with Gasteiger partial charge in [-0.3, -0.25) is 14.4 Å². The Morgan fingerprint density at radius 2 is 1.44 bits per heavy atom. The summed E-state index contributed by atoms with van der Waals surface area (Å²) in [7, 11) is 2.56. The number of Topliss-reactive ketones (excluding diaryl/α,β-unsaturated/α-hetero) is 1. The van der Waals surface area contributed by atoms with Gasteiger partial charge in [-0.2, -0.15) is 4.99 Å². The normalized spacial score (nSPS) is 12.7. The molecule has 2 fully saturated rings. The molecule has 0 spiro atoms. The number of nitrogens with zero attached hydrogens (tertiary/aromatic N) is 3. The SMILES string of the molecule is CC(=O)O.CCN(CCOc1ccc(NC(=S)N=C(N)SCP)cc1)C(=O)OC(C)(C)C.CCNCCOc1ccc(Nc2nc(N)c(C(=O)c3cccc(C4CC4)c3)s2)cc1.O=C(CBr)c1cccc(C2CC2)c1. The first-order valence-electron chi connectivity index (χ1n) is 24.5. The number of nitrogen functional groups attached to an aromatic ring is 1. The van der Waals surface area contributed by atoms with E-state index in [2.05, 4.69) is 70.2 Å². The van der Waals surface area contributed by atoms with Gasteiger partial charge in [0.1, 0.15) is 41.0 Å². The molecule has 2 aliphatic rings. The van der Waals surface area contributed by atoms with Gasteiger partial charge in [0.2, 0.25) is 5.78 Å². The second-order valence-corrected chi connectivity index (χ2v) is 21.9. The number of carbonyl (C=O) groups is 4.